The fourth-order valence-electron chi connectivity index (χ4n) is 5.16. The molecule has 0 spiro atoms. The second-order valence-electron chi connectivity index (χ2n) is 9.41. The van der Waals surface area contributed by atoms with Gasteiger partial charge in [-0.05, 0) is 42.2 Å². The third kappa shape index (κ3) is 5.27. The summed E-state index contributed by atoms with van der Waals surface area (Å²) in [6.07, 6.45) is 1.27. The van der Waals surface area contributed by atoms with Crippen LogP contribution in [0.25, 0.3) is 0 Å². The Morgan fingerprint density at radius 2 is 1.75 bits per heavy atom. The zero-order valence-electron chi connectivity index (χ0n) is 19.5. The average Bonchev–Trinajstić information content (AvgIpc) is 2.87. The SMILES string of the molecule is O=C(Nc1ccc(Cl)c(Cl)c1)[C@H](Cc1ccccc1)NC(=O)N1C[C@@H]2C[C@H](C1)c1cccc(=O)n1C2. The van der Waals surface area contributed by atoms with Crippen molar-refractivity contribution < 1.29 is 9.59 Å². The lowest BCUT2D eigenvalue weighted by atomic mass is 9.83. The lowest BCUT2D eigenvalue weighted by Gasteiger charge is -2.43. The Kier molecular flexibility index (Phi) is 7.03. The summed E-state index contributed by atoms with van der Waals surface area (Å²) in [6.45, 7) is 1.63. The third-order valence-corrected chi connectivity index (χ3v) is 7.59. The van der Waals surface area contributed by atoms with Crippen LogP contribution in [-0.4, -0.2) is 40.5 Å². The number of nitrogens with zero attached hydrogens (tertiary/aromatic N) is 2. The van der Waals surface area contributed by atoms with Crippen molar-refractivity contribution in [1.29, 1.82) is 0 Å². The summed E-state index contributed by atoms with van der Waals surface area (Å²) in [5, 5.41) is 6.52. The van der Waals surface area contributed by atoms with Crippen LogP contribution < -0.4 is 16.2 Å². The van der Waals surface area contributed by atoms with Crippen LogP contribution in [0.2, 0.25) is 10.0 Å². The highest BCUT2D eigenvalue weighted by molar-refractivity contribution is 6.42. The van der Waals surface area contributed by atoms with Gasteiger partial charge in [0.1, 0.15) is 6.04 Å². The van der Waals surface area contributed by atoms with Gasteiger partial charge in [-0.2, -0.15) is 0 Å². The molecule has 2 aliphatic heterocycles. The molecule has 3 amide bonds. The molecule has 2 aromatic carbocycles. The van der Waals surface area contributed by atoms with Crippen molar-refractivity contribution in [2.45, 2.75) is 31.3 Å². The Labute approximate surface area is 219 Å². The Morgan fingerprint density at radius 1 is 0.944 bits per heavy atom. The summed E-state index contributed by atoms with van der Waals surface area (Å²) in [5.41, 5.74) is 2.39. The van der Waals surface area contributed by atoms with E-state index in [-0.39, 0.29) is 29.3 Å². The van der Waals surface area contributed by atoms with Crippen LogP contribution in [0.3, 0.4) is 0 Å². The molecule has 36 heavy (non-hydrogen) atoms. The number of carbonyl (C=O) groups excluding carboxylic acids is 2. The second-order valence-corrected chi connectivity index (χ2v) is 10.2. The largest absolute Gasteiger partial charge is 0.326 e. The average molecular weight is 525 g/mol. The molecule has 0 unspecified atom stereocenters. The first-order valence-electron chi connectivity index (χ1n) is 11.9. The number of anilines is 1. The molecule has 2 N–H and O–H groups in total. The minimum Gasteiger partial charge on any atom is -0.326 e. The third-order valence-electron chi connectivity index (χ3n) is 6.85. The number of carbonyl (C=O) groups is 2. The molecule has 0 radical (unpaired) electrons. The van der Waals surface area contributed by atoms with Crippen molar-refractivity contribution in [2.24, 2.45) is 5.92 Å². The molecule has 9 heteroatoms. The molecule has 1 fully saturated rings. The van der Waals surface area contributed by atoms with Crippen LogP contribution in [0.4, 0.5) is 10.5 Å². The molecule has 1 saturated heterocycles. The van der Waals surface area contributed by atoms with Gasteiger partial charge >= 0.3 is 6.03 Å². The Hall–Kier alpha value is -3.29. The van der Waals surface area contributed by atoms with Crippen molar-refractivity contribution in [2.75, 3.05) is 18.4 Å². The molecule has 2 aliphatic rings. The number of aromatic nitrogens is 1. The number of fused-ring (bicyclic) bond motifs is 4. The molecule has 186 valence electrons. The molecule has 5 rings (SSSR count). The van der Waals surface area contributed by atoms with Gasteiger partial charge in [0.15, 0.2) is 0 Å². The Morgan fingerprint density at radius 3 is 2.53 bits per heavy atom. The maximum Gasteiger partial charge on any atom is 0.318 e. The minimum absolute atomic E-state index is 0.00185. The van der Waals surface area contributed by atoms with Gasteiger partial charge in [-0.15, -0.1) is 0 Å². The first-order chi connectivity index (χ1) is 17.4. The maximum absolute atomic E-state index is 13.4. The highest BCUT2D eigenvalue weighted by atomic mass is 35.5. The van der Waals surface area contributed by atoms with Crippen LogP contribution in [0.5, 0.6) is 0 Å². The number of piperidine rings is 1. The Bertz CT molecular complexity index is 1340. The van der Waals surface area contributed by atoms with Crippen LogP contribution in [0, 0.1) is 5.92 Å². The van der Waals surface area contributed by atoms with Crippen LogP contribution in [-0.2, 0) is 17.8 Å². The van der Waals surface area contributed by atoms with Gasteiger partial charge in [0, 0.05) is 49.4 Å². The summed E-state index contributed by atoms with van der Waals surface area (Å²) in [5.74, 6) is -0.0610. The van der Waals surface area contributed by atoms with Crippen LogP contribution in [0.15, 0.2) is 71.5 Å². The fourth-order valence-corrected chi connectivity index (χ4v) is 5.46. The maximum atomic E-state index is 13.4. The van der Waals surface area contributed by atoms with Crippen LogP contribution in [0.1, 0.15) is 23.6 Å². The smallest absolute Gasteiger partial charge is 0.318 e. The van der Waals surface area contributed by atoms with E-state index in [0.717, 1.165) is 17.7 Å². The molecule has 3 atom stereocenters. The van der Waals surface area contributed by atoms with E-state index in [4.69, 9.17) is 23.2 Å². The van der Waals surface area contributed by atoms with Gasteiger partial charge in [-0.25, -0.2) is 4.79 Å². The number of pyridine rings is 1. The fraction of sp³-hybridized carbons (Fsp3) is 0.296. The summed E-state index contributed by atoms with van der Waals surface area (Å²) in [7, 11) is 0. The molecule has 7 nitrogen and oxygen atoms in total. The van der Waals surface area contributed by atoms with Crippen molar-refractivity contribution in [3.05, 3.63) is 98.4 Å². The number of benzene rings is 2. The van der Waals surface area contributed by atoms with Crippen molar-refractivity contribution >= 4 is 40.8 Å². The van der Waals surface area contributed by atoms with Crippen molar-refractivity contribution in [3.8, 4) is 0 Å². The molecule has 0 saturated carbocycles. The molecular weight excluding hydrogens is 499 g/mol. The van der Waals surface area contributed by atoms with E-state index in [1.807, 2.05) is 41.0 Å². The normalized spacial score (nSPS) is 19.2. The topological polar surface area (TPSA) is 83.4 Å². The first kappa shape index (κ1) is 24.4. The number of rotatable bonds is 5. The van der Waals surface area contributed by atoms with Gasteiger partial charge in [0.25, 0.3) is 5.56 Å². The number of likely N-dealkylation sites (tertiary alicyclic amines) is 1. The van der Waals surface area contributed by atoms with Crippen molar-refractivity contribution in [1.82, 2.24) is 14.8 Å². The molecule has 2 bridgehead atoms. The number of halogens is 2. The summed E-state index contributed by atoms with van der Waals surface area (Å²) >= 11 is 12.1. The monoisotopic (exact) mass is 524 g/mol. The second kappa shape index (κ2) is 10.4. The van der Waals surface area contributed by atoms with E-state index in [9.17, 15) is 14.4 Å². The zero-order valence-corrected chi connectivity index (χ0v) is 21.0. The Balaban J connectivity index is 1.33. The summed E-state index contributed by atoms with van der Waals surface area (Å²) in [6, 6.07) is 18.6. The standard InChI is InChI=1S/C27H26Cl2N4O3/c28-21-10-9-20(13-22(21)29)30-26(35)23(12-17-5-2-1-3-6-17)31-27(36)32-14-18-11-19(16-32)24-7-4-8-25(34)33(24)15-18/h1-10,13,18-19,23H,11-12,14-16H2,(H,30,35)(H,31,36)/t18-,19+,23-/m0/s1. The van der Waals surface area contributed by atoms with E-state index in [2.05, 4.69) is 10.6 Å². The van der Waals surface area contributed by atoms with Gasteiger partial charge in [0.2, 0.25) is 5.91 Å². The lowest BCUT2D eigenvalue weighted by Crippen LogP contribution is -2.55. The predicted octanol–water partition coefficient (Wildman–Crippen LogP) is 4.53. The molecule has 3 aromatic rings. The number of hydrogen-bond acceptors (Lipinski definition) is 3. The summed E-state index contributed by atoms with van der Waals surface area (Å²) in [4.78, 5) is 40.7. The molecular formula is C27H26Cl2N4O3. The van der Waals surface area contributed by atoms with Crippen LogP contribution >= 0.6 is 23.2 Å². The number of hydrogen-bond donors (Lipinski definition) is 2. The van der Waals surface area contributed by atoms with E-state index in [1.54, 1.807) is 35.2 Å². The van der Waals surface area contributed by atoms with Gasteiger partial charge in [-0.1, -0.05) is 59.6 Å². The van der Waals surface area contributed by atoms with E-state index in [1.165, 1.54) is 0 Å². The van der Waals surface area contributed by atoms with E-state index in [0.29, 0.717) is 41.8 Å². The number of amides is 3. The molecule has 3 heterocycles. The summed E-state index contributed by atoms with van der Waals surface area (Å²) < 4.78 is 1.83. The van der Waals surface area contributed by atoms with Crippen molar-refractivity contribution in [3.63, 3.8) is 0 Å². The highest BCUT2D eigenvalue weighted by Crippen LogP contribution is 2.35. The predicted molar refractivity (Wildman–Crippen MR) is 141 cm³/mol. The van der Waals surface area contributed by atoms with Gasteiger partial charge < -0.3 is 20.1 Å². The van der Waals surface area contributed by atoms with Gasteiger partial charge in [0.05, 0.1) is 10.0 Å². The zero-order chi connectivity index (χ0) is 25.2. The van der Waals surface area contributed by atoms with E-state index >= 15 is 0 Å². The number of urea groups is 1. The quantitative estimate of drug-likeness (QED) is 0.514. The lowest BCUT2D eigenvalue weighted by molar-refractivity contribution is -0.118. The number of nitrogens with one attached hydrogen (secondary N) is 2. The molecule has 0 aliphatic carbocycles. The highest BCUT2D eigenvalue weighted by Gasteiger charge is 2.37. The van der Waals surface area contributed by atoms with E-state index < -0.39 is 6.04 Å². The minimum atomic E-state index is -0.800. The van der Waals surface area contributed by atoms with Gasteiger partial charge in [-0.3, -0.25) is 9.59 Å². The molecule has 1 aromatic heterocycles. The first-order valence-corrected chi connectivity index (χ1v) is 12.7.